The highest BCUT2D eigenvalue weighted by atomic mass is 79.9. The van der Waals surface area contributed by atoms with Gasteiger partial charge < -0.3 is 16.0 Å². The molecular weight excluding hydrogens is 318 g/mol. The molecule has 0 aliphatic carbocycles. The van der Waals surface area contributed by atoms with Gasteiger partial charge in [0.1, 0.15) is 0 Å². The number of anilines is 2. The summed E-state index contributed by atoms with van der Waals surface area (Å²) in [6.45, 7) is 0. The Morgan fingerprint density at radius 2 is 2.00 bits per heavy atom. The number of carbonyl (C=O) groups is 1. The number of amides is 1. The second-order valence-electron chi connectivity index (χ2n) is 4.47. The Bertz CT molecular complexity index is 795. The van der Waals surface area contributed by atoms with Gasteiger partial charge in [-0.3, -0.25) is 4.79 Å². The predicted octanol–water partition coefficient (Wildman–Crippen LogP) is 3.76. The summed E-state index contributed by atoms with van der Waals surface area (Å²) in [4.78, 5) is 15.3. The van der Waals surface area contributed by atoms with Crippen molar-refractivity contribution in [2.45, 2.75) is 0 Å². The topological polar surface area (TPSA) is 70.9 Å². The number of carbonyl (C=O) groups excluding carboxylic acids is 1. The lowest BCUT2D eigenvalue weighted by Gasteiger charge is -2.08. The quantitative estimate of drug-likeness (QED) is 0.626. The van der Waals surface area contributed by atoms with Crippen molar-refractivity contribution in [1.29, 1.82) is 0 Å². The Kier molecular flexibility index (Phi) is 3.20. The maximum absolute atomic E-state index is 12.2. The lowest BCUT2D eigenvalue weighted by atomic mass is 10.1. The van der Waals surface area contributed by atoms with Gasteiger partial charge in [-0.2, -0.15) is 0 Å². The molecular formula is C15H12BrN3O. The summed E-state index contributed by atoms with van der Waals surface area (Å²) in [5, 5.41) is 3.90. The molecule has 0 spiro atoms. The molecule has 0 bridgehead atoms. The standard InChI is InChI=1S/C15H12BrN3O/c16-10-1-3-12(13(17)8-10)15(20)19-11-2-4-14-9(7-11)5-6-18-14/h1-8,18H,17H2,(H,19,20). The molecule has 0 saturated carbocycles. The molecule has 1 amide bonds. The van der Waals surface area contributed by atoms with E-state index in [0.29, 0.717) is 11.3 Å². The number of benzene rings is 2. The average Bonchev–Trinajstić information content (AvgIpc) is 2.85. The van der Waals surface area contributed by atoms with Crippen molar-refractivity contribution in [3.8, 4) is 0 Å². The fourth-order valence-corrected chi connectivity index (χ4v) is 2.45. The Labute approximate surface area is 124 Å². The fourth-order valence-electron chi connectivity index (χ4n) is 2.07. The molecule has 3 rings (SSSR count). The fraction of sp³-hybridized carbons (Fsp3) is 0. The van der Waals surface area contributed by atoms with Gasteiger partial charge >= 0.3 is 0 Å². The second kappa shape index (κ2) is 5.02. The second-order valence-corrected chi connectivity index (χ2v) is 5.38. The van der Waals surface area contributed by atoms with Crippen LogP contribution in [0, 0.1) is 0 Å². The number of hydrogen-bond donors (Lipinski definition) is 3. The first-order chi connectivity index (χ1) is 9.63. The summed E-state index contributed by atoms with van der Waals surface area (Å²) in [5.74, 6) is -0.218. The highest BCUT2D eigenvalue weighted by Gasteiger charge is 2.10. The number of fused-ring (bicyclic) bond motifs is 1. The number of H-pyrrole nitrogens is 1. The normalized spacial score (nSPS) is 10.7. The van der Waals surface area contributed by atoms with E-state index >= 15 is 0 Å². The third-order valence-electron chi connectivity index (χ3n) is 3.07. The molecule has 0 unspecified atom stereocenters. The van der Waals surface area contributed by atoms with Gasteiger partial charge in [-0.15, -0.1) is 0 Å². The van der Waals surface area contributed by atoms with Gasteiger partial charge in [-0.05, 0) is 42.5 Å². The first kappa shape index (κ1) is 12.7. The van der Waals surface area contributed by atoms with Gasteiger partial charge in [-0.25, -0.2) is 0 Å². The summed E-state index contributed by atoms with van der Waals surface area (Å²) in [7, 11) is 0. The van der Waals surface area contributed by atoms with E-state index in [1.807, 2.05) is 30.5 Å². The van der Waals surface area contributed by atoms with Crippen molar-refractivity contribution < 1.29 is 4.79 Å². The summed E-state index contributed by atoms with van der Waals surface area (Å²) >= 11 is 3.32. The molecule has 20 heavy (non-hydrogen) atoms. The Morgan fingerprint density at radius 1 is 1.15 bits per heavy atom. The number of nitrogens with one attached hydrogen (secondary N) is 2. The van der Waals surface area contributed by atoms with Crippen LogP contribution in [0.5, 0.6) is 0 Å². The maximum atomic E-state index is 12.2. The molecule has 0 saturated heterocycles. The zero-order valence-corrected chi connectivity index (χ0v) is 12.1. The molecule has 3 aromatic rings. The molecule has 2 aromatic carbocycles. The Hall–Kier alpha value is -2.27. The van der Waals surface area contributed by atoms with Crippen LogP contribution in [0.3, 0.4) is 0 Å². The van der Waals surface area contributed by atoms with Crippen LogP contribution in [0.25, 0.3) is 10.9 Å². The van der Waals surface area contributed by atoms with Crippen LogP contribution in [0.15, 0.2) is 53.1 Å². The van der Waals surface area contributed by atoms with E-state index in [1.165, 1.54) is 0 Å². The largest absolute Gasteiger partial charge is 0.398 e. The highest BCUT2D eigenvalue weighted by molar-refractivity contribution is 9.10. The van der Waals surface area contributed by atoms with E-state index < -0.39 is 0 Å². The molecule has 4 nitrogen and oxygen atoms in total. The van der Waals surface area contributed by atoms with Crippen LogP contribution in [-0.4, -0.2) is 10.9 Å². The third-order valence-corrected chi connectivity index (χ3v) is 3.56. The van der Waals surface area contributed by atoms with Gasteiger partial charge in [0, 0.05) is 32.9 Å². The highest BCUT2D eigenvalue weighted by Crippen LogP contribution is 2.21. The first-order valence-electron chi connectivity index (χ1n) is 6.07. The van der Waals surface area contributed by atoms with Crippen LogP contribution < -0.4 is 11.1 Å². The van der Waals surface area contributed by atoms with Gasteiger partial charge in [0.25, 0.3) is 5.91 Å². The number of aromatic amines is 1. The van der Waals surface area contributed by atoms with Crippen LogP contribution in [-0.2, 0) is 0 Å². The van der Waals surface area contributed by atoms with Crippen molar-refractivity contribution in [1.82, 2.24) is 4.98 Å². The average molecular weight is 330 g/mol. The van der Waals surface area contributed by atoms with Crippen LogP contribution in [0.4, 0.5) is 11.4 Å². The summed E-state index contributed by atoms with van der Waals surface area (Å²) in [6, 6.07) is 12.9. The SMILES string of the molecule is Nc1cc(Br)ccc1C(=O)Nc1ccc2[nH]ccc2c1. The van der Waals surface area contributed by atoms with Gasteiger partial charge in [0.05, 0.1) is 5.56 Å². The summed E-state index contributed by atoms with van der Waals surface area (Å²) in [5.41, 5.74) is 8.53. The van der Waals surface area contributed by atoms with Crippen molar-refractivity contribution in [2.75, 3.05) is 11.1 Å². The van der Waals surface area contributed by atoms with Crippen molar-refractivity contribution >= 4 is 44.1 Å². The van der Waals surface area contributed by atoms with Crippen LogP contribution in [0.2, 0.25) is 0 Å². The number of rotatable bonds is 2. The zero-order valence-electron chi connectivity index (χ0n) is 10.5. The minimum Gasteiger partial charge on any atom is -0.398 e. The van der Waals surface area contributed by atoms with Gasteiger partial charge in [-0.1, -0.05) is 15.9 Å². The Balaban J connectivity index is 1.87. The van der Waals surface area contributed by atoms with Gasteiger partial charge in [0.2, 0.25) is 0 Å². The van der Waals surface area contributed by atoms with Crippen molar-refractivity contribution in [3.63, 3.8) is 0 Å². The monoisotopic (exact) mass is 329 g/mol. The molecule has 4 N–H and O–H groups in total. The maximum Gasteiger partial charge on any atom is 0.257 e. The number of nitrogen functional groups attached to an aromatic ring is 1. The van der Waals surface area contributed by atoms with Crippen molar-refractivity contribution in [3.05, 3.63) is 58.7 Å². The third kappa shape index (κ3) is 2.40. The van der Waals surface area contributed by atoms with Gasteiger partial charge in [0.15, 0.2) is 0 Å². The van der Waals surface area contributed by atoms with E-state index in [4.69, 9.17) is 5.73 Å². The molecule has 0 radical (unpaired) electrons. The number of hydrogen-bond acceptors (Lipinski definition) is 2. The summed E-state index contributed by atoms with van der Waals surface area (Å²) < 4.78 is 0.847. The molecule has 0 aliphatic heterocycles. The zero-order chi connectivity index (χ0) is 14.1. The van der Waals surface area contributed by atoms with E-state index in [1.54, 1.807) is 18.2 Å². The first-order valence-corrected chi connectivity index (χ1v) is 6.86. The smallest absolute Gasteiger partial charge is 0.257 e. The van der Waals surface area contributed by atoms with E-state index in [0.717, 1.165) is 21.1 Å². The van der Waals surface area contributed by atoms with Crippen LogP contribution in [0.1, 0.15) is 10.4 Å². The predicted molar refractivity (Wildman–Crippen MR) is 84.8 cm³/mol. The molecule has 1 aromatic heterocycles. The van der Waals surface area contributed by atoms with E-state index in [-0.39, 0.29) is 5.91 Å². The minimum absolute atomic E-state index is 0.218. The molecule has 0 atom stereocenters. The Morgan fingerprint density at radius 3 is 2.80 bits per heavy atom. The number of halogens is 1. The molecule has 100 valence electrons. The minimum atomic E-state index is -0.218. The molecule has 0 aliphatic rings. The van der Waals surface area contributed by atoms with Crippen molar-refractivity contribution in [2.24, 2.45) is 0 Å². The molecule has 0 fully saturated rings. The number of aromatic nitrogens is 1. The lowest BCUT2D eigenvalue weighted by Crippen LogP contribution is -2.13. The molecule has 1 heterocycles. The van der Waals surface area contributed by atoms with E-state index in [9.17, 15) is 4.79 Å². The van der Waals surface area contributed by atoms with Crippen LogP contribution >= 0.6 is 15.9 Å². The lowest BCUT2D eigenvalue weighted by molar-refractivity contribution is 0.102. The summed E-state index contributed by atoms with van der Waals surface area (Å²) in [6.07, 6.45) is 1.86. The van der Waals surface area contributed by atoms with E-state index in [2.05, 4.69) is 26.2 Å². The molecule has 5 heteroatoms. The number of nitrogens with two attached hydrogens (primary N) is 1.